The van der Waals surface area contributed by atoms with E-state index in [0.717, 1.165) is 5.69 Å². The highest BCUT2D eigenvalue weighted by molar-refractivity contribution is 7.93. The van der Waals surface area contributed by atoms with Crippen molar-refractivity contribution in [2.24, 2.45) is 0 Å². The van der Waals surface area contributed by atoms with E-state index in [-0.39, 0.29) is 11.7 Å². The van der Waals surface area contributed by atoms with Crippen molar-refractivity contribution in [3.8, 4) is 0 Å². The van der Waals surface area contributed by atoms with Crippen LogP contribution < -0.4 is 14.9 Å². The van der Waals surface area contributed by atoms with Crippen LogP contribution in [-0.2, 0) is 14.8 Å². The topological polar surface area (TPSA) is 78.5 Å². The number of carbonyl (C=O) groups excluding carboxylic acids is 1. The summed E-state index contributed by atoms with van der Waals surface area (Å²) in [5, 5.41) is 5.96. The number of benzene rings is 2. The molecule has 1 saturated heterocycles. The van der Waals surface area contributed by atoms with Gasteiger partial charge in [-0.05, 0) is 43.7 Å². The summed E-state index contributed by atoms with van der Waals surface area (Å²) in [6.07, 6.45) is 0.635. The Bertz CT molecular complexity index is 853. The fourth-order valence-electron chi connectivity index (χ4n) is 2.77. The second-order valence-electron chi connectivity index (χ2n) is 6.01. The third-order valence-electron chi connectivity index (χ3n) is 4.05. The number of hydrogen-bond donors (Lipinski definition) is 2. The summed E-state index contributed by atoms with van der Waals surface area (Å²) < 4.78 is 25.5. The van der Waals surface area contributed by atoms with Gasteiger partial charge in [-0.3, -0.25) is 9.10 Å². The van der Waals surface area contributed by atoms with Crippen LogP contribution in [0.4, 0.5) is 17.1 Å². The molecule has 0 unspecified atom stereocenters. The summed E-state index contributed by atoms with van der Waals surface area (Å²) >= 11 is 0. The first-order chi connectivity index (χ1) is 12.0. The normalized spacial score (nSPS) is 17.1. The summed E-state index contributed by atoms with van der Waals surface area (Å²) in [6.45, 7) is 2.26. The van der Waals surface area contributed by atoms with Crippen molar-refractivity contribution in [1.29, 1.82) is 0 Å². The minimum absolute atomic E-state index is 0.162. The highest BCUT2D eigenvalue weighted by Gasteiger charge is 2.28. The number of amides is 1. The average Bonchev–Trinajstić information content (AvgIpc) is 2.95. The maximum atomic E-state index is 12.3. The van der Waals surface area contributed by atoms with E-state index in [0.29, 0.717) is 24.3 Å². The van der Waals surface area contributed by atoms with Crippen LogP contribution in [0.15, 0.2) is 54.6 Å². The Morgan fingerprint density at radius 1 is 1.08 bits per heavy atom. The predicted octanol–water partition coefficient (Wildman–Crippen LogP) is 2.67. The molecule has 2 N–H and O–H groups in total. The van der Waals surface area contributed by atoms with Gasteiger partial charge >= 0.3 is 0 Å². The fraction of sp³-hybridized carbons (Fsp3) is 0.278. The molecule has 0 saturated carbocycles. The van der Waals surface area contributed by atoms with E-state index in [2.05, 4.69) is 10.6 Å². The number of anilines is 3. The minimum atomic E-state index is -3.22. The fourth-order valence-corrected chi connectivity index (χ4v) is 4.32. The maximum Gasteiger partial charge on any atom is 0.246 e. The molecule has 0 aromatic heterocycles. The molecule has 1 aliphatic rings. The van der Waals surface area contributed by atoms with Crippen LogP contribution in [-0.4, -0.2) is 32.7 Å². The molecule has 0 aliphatic carbocycles. The molecule has 1 fully saturated rings. The SMILES string of the molecule is C[C@H](Nc1cccc(N2CCCS2(=O)=O)c1)C(=O)Nc1ccccc1. The van der Waals surface area contributed by atoms with Gasteiger partial charge in [0.15, 0.2) is 0 Å². The number of sulfonamides is 1. The first-order valence-electron chi connectivity index (χ1n) is 8.19. The molecule has 7 heteroatoms. The highest BCUT2D eigenvalue weighted by Crippen LogP contribution is 2.26. The zero-order valence-corrected chi connectivity index (χ0v) is 14.8. The smallest absolute Gasteiger partial charge is 0.246 e. The van der Waals surface area contributed by atoms with E-state index in [1.54, 1.807) is 25.1 Å². The van der Waals surface area contributed by atoms with Crippen LogP contribution in [0.1, 0.15) is 13.3 Å². The molecule has 0 radical (unpaired) electrons. The molecule has 1 heterocycles. The molecule has 132 valence electrons. The molecule has 0 bridgehead atoms. The molecule has 25 heavy (non-hydrogen) atoms. The molecule has 6 nitrogen and oxygen atoms in total. The summed E-state index contributed by atoms with van der Waals surface area (Å²) in [5.74, 6) is 0.0194. The monoisotopic (exact) mass is 359 g/mol. The van der Waals surface area contributed by atoms with E-state index in [1.165, 1.54) is 4.31 Å². The molecule has 1 amide bonds. The first-order valence-corrected chi connectivity index (χ1v) is 9.79. The van der Waals surface area contributed by atoms with Crippen molar-refractivity contribution in [2.45, 2.75) is 19.4 Å². The Balaban J connectivity index is 1.68. The zero-order valence-electron chi connectivity index (χ0n) is 14.0. The summed E-state index contributed by atoms with van der Waals surface area (Å²) in [6, 6.07) is 15.9. The summed E-state index contributed by atoms with van der Waals surface area (Å²) in [7, 11) is -3.22. The van der Waals surface area contributed by atoms with Crippen molar-refractivity contribution < 1.29 is 13.2 Å². The van der Waals surface area contributed by atoms with Crippen molar-refractivity contribution >= 4 is 33.0 Å². The van der Waals surface area contributed by atoms with Crippen molar-refractivity contribution in [3.63, 3.8) is 0 Å². The average molecular weight is 359 g/mol. The Labute approximate surface area is 147 Å². The van der Waals surface area contributed by atoms with Crippen LogP contribution in [0, 0.1) is 0 Å². The Hall–Kier alpha value is -2.54. The molecule has 3 rings (SSSR count). The lowest BCUT2D eigenvalue weighted by Crippen LogP contribution is -2.32. The third kappa shape index (κ3) is 4.11. The van der Waals surface area contributed by atoms with Crippen LogP contribution >= 0.6 is 0 Å². The van der Waals surface area contributed by atoms with Gasteiger partial charge in [-0.25, -0.2) is 8.42 Å². The van der Waals surface area contributed by atoms with E-state index < -0.39 is 16.1 Å². The Kier molecular flexibility index (Phi) is 4.94. The zero-order chi connectivity index (χ0) is 17.9. The van der Waals surface area contributed by atoms with Gasteiger partial charge in [0.2, 0.25) is 15.9 Å². The Morgan fingerprint density at radius 2 is 1.80 bits per heavy atom. The van der Waals surface area contributed by atoms with E-state index >= 15 is 0 Å². The molecule has 1 aliphatic heterocycles. The molecule has 0 spiro atoms. The standard InChI is InChI=1S/C18H21N3O3S/c1-14(18(22)20-15-7-3-2-4-8-15)19-16-9-5-10-17(13-16)21-11-6-12-25(21,23)24/h2-5,7-10,13-14,19H,6,11-12H2,1H3,(H,20,22)/t14-/m0/s1. The van der Waals surface area contributed by atoms with E-state index in [1.807, 2.05) is 36.4 Å². The second-order valence-corrected chi connectivity index (χ2v) is 8.03. The van der Waals surface area contributed by atoms with Crippen LogP contribution in [0.25, 0.3) is 0 Å². The van der Waals surface area contributed by atoms with Gasteiger partial charge in [0, 0.05) is 17.9 Å². The van der Waals surface area contributed by atoms with Crippen LogP contribution in [0.2, 0.25) is 0 Å². The lowest BCUT2D eigenvalue weighted by atomic mass is 10.2. The van der Waals surface area contributed by atoms with Gasteiger partial charge in [-0.1, -0.05) is 24.3 Å². The van der Waals surface area contributed by atoms with Crippen LogP contribution in [0.3, 0.4) is 0 Å². The van der Waals surface area contributed by atoms with Crippen LogP contribution in [0.5, 0.6) is 0 Å². The molecule has 1 atom stereocenters. The van der Waals surface area contributed by atoms with Gasteiger partial charge in [0.05, 0.1) is 11.4 Å². The van der Waals surface area contributed by atoms with Crippen molar-refractivity contribution in [1.82, 2.24) is 0 Å². The van der Waals surface area contributed by atoms with E-state index in [4.69, 9.17) is 0 Å². The molecular weight excluding hydrogens is 338 g/mol. The maximum absolute atomic E-state index is 12.3. The van der Waals surface area contributed by atoms with Gasteiger partial charge in [-0.2, -0.15) is 0 Å². The van der Waals surface area contributed by atoms with Gasteiger partial charge in [-0.15, -0.1) is 0 Å². The van der Waals surface area contributed by atoms with Gasteiger partial charge in [0.25, 0.3) is 0 Å². The number of carbonyl (C=O) groups is 1. The molecular formula is C18H21N3O3S. The van der Waals surface area contributed by atoms with Crippen molar-refractivity contribution in [2.75, 3.05) is 27.2 Å². The third-order valence-corrected chi connectivity index (χ3v) is 5.92. The Morgan fingerprint density at radius 3 is 2.48 bits per heavy atom. The number of para-hydroxylation sites is 1. The lowest BCUT2D eigenvalue weighted by molar-refractivity contribution is -0.116. The predicted molar refractivity (Wildman–Crippen MR) is 100 cm³/mol. The largest absolute Gasteiger partial charge is 0.374 e. The number of hydrogen-bond acceptors (Lipinski definition) is 4. The molecule has 2 aromatic rings. The lowest BCUT2D eigenvalue weighted by Gasteiger charge is -2.20. The number of nitrogens with one attached hydrogen (secondary N) is 2. The minimum Gasteiger partial charge on any atom is -0.374 e. The highest BCUT2D eigenvalue weighted by atomic mass is 32.2. The molecule has 2 aromatic carbocycles. The summed E-state index contributed by atoms with van der Waals surface area (Å²) in [4.78, 5) is 12.3. The first kappa shape index (κ1) is 17.3. The van der Waals surface area contributed by atoms with E-state index in [9.17, 15) is 13.2 Å². The van der Waals surface area contributed by atoms with Crippen molar-refractivity contribution in [3.05, 3.63) is 54.6 Å². The van der Waals surface area contributed by atoms with Gasteiger partial charge < -0.3 is 10.6 Å². The second kappa shape index (κ2) is 7.14. The quantitative estimate of drug-likeness (QED) is 0.860. The van der Waals surface area contributed by atoms with Gasteiger partial charge in [0.1, 0.15) is 6.04 Å². The summed E-state index contributed by atoms with van der Waals surface area (Å²) in [5.41, 5.74) is 2.06. The number of rotatable bonds is 5. The number of nitrogens with zero attached hydrogens (tertiary/aromatic N) is 1.